The van der Waals surface area contributed by atoms with Crippen LogP contribution in [0.25, 0.3) is 0 Å². The number of carbonyl (C=O) groups excluding carboxylic acids is 1. The summed E-state index contributed by atoms with van der Waals surface area (Å²) < 4.78 is 3.98. The van der Waals surface area contributed by atoms with Gasteiger partial charge in [-0.2, -0.15) is 4.79 Å². The number of ether oxygens (including phenoxy) is 1. The zero-order valence-corrected chi connectivity index (χ0v) is 11.2. The smallest absolute Gasteiger partial charge is 0.516 e. The molecule has 18 heavy (non-hydrogen) atoms. The lowest BCUT2D eigenvalue weighted by Gasteiger charge is -2.35. The molecule has 0 N–H and O–H groups in total. The molecule has 1 aromatic heterocycles. The van der Waals surface area contributed by atoms with E-state index < -0.39 is 16.3 Å². The Hall–Kier alpha value is -1.53. The molecule has 0 aromatic carbocycles. The highest BCUT2D eigenvalue weighted by Crippen LogP contribution is 2.13. The van der Waals surface area contributed by atoms with Crippen LogP contribution in [0.1, 0.15) is 26.6 Å². The third kappa shape index (κ3) is 4.77. The van der Waals surface area contributed by atoms with Crippen molar-refractivity contribution in [2.24, 2.45) is 0 Å². The number of likely N-dealkylation sites (N-methyl/N-ethyl adjacent to an activating group) is 1. The Balaban J connectivity index is 2.57. The molecule has 1 unspecified atom stereocenters. The van der Waals surface area contributed by atoms with Crippen molar-refractivity contribution < 1.29 is 14.2 Å². The van der Waals surface area contributed by atoms with Crippen molar-refractivity contribution in [2.45, 2.75) is 32.8 Å². The van der Waals surface area contributed by atoms with Crippen LogP contribution in [-0.4, -0.2) is 39.9 Å². The molecule has 1 atom stereocenters. The van der Waals surface area contributed by atoms with Gasteiger partial charge in [-0.05, 0) is 26.8 Å². The number of amides is 1. The van der Waals surface area contributed by atoms with Gasteiger partial charge in [0.2, 0.25) is 0 Å². The molecular weight excluding hydrogens is 234 g/mol. The second-order valence-corrected chi connectivity index (χ2v) is 5.22. The minimum atomic E-state index is -1.09. The normalized spacial score (nSPS) is 14.9. The molecule has 0 saturated carbocycles. The molecule has 1 rings (SSSR count). The number of carbonyl (C=O) groups is 1. The van der Waals surface area contributed by atoms with E-state index in [0.717, 1.165) is 0 Å². The monoisotopic (exact) mass is 253 g/mol. The van der Waals surface area contributed by atoms with E-state index in [0.29, 0.717) is 12.2 Å². The summed E-state index contributed by atoms with van der Waals surface area (Å²) >= 11 is 0. The minimum absolute atomic E-state index is 0.0545. The first-order valence-electron chi connectivity index (χ1n) is 5.77. The van der Waals surface area contributed by atoms with E-state index in [1.54, 1.807) is 39.2 Å². The first-order valence-corrected chi connectivity index (χ1v) is 5.77. The molecule has 0 fully saturated rings. The van der Waals surface area contributed by atoms with Crippen molar-refractivity contribution >= 4 is 6.09 Å². The zero-order chi connectivity index (χ0) is 13.8. The molecule has 1 aromatic rings. The number of hydrogen-bond donors (Lipinski definition) is 0. The molecule has 0 aliphatic rings. The lowest BCUT2D eigenvalue weighted by Crippen LogP contribution is -2.48. The van der Waals surface area contributed by atoms with Gasteiger partial charge in [0.05, 0.1) is 20.0 Å². The number of nitrogens with zero attached hydrogens (tertiary/aromatic N) is 3. The van der Waals surface area contributed by atoms with Crippen molar-refractivity contribution in [3.8, 4) is 0 Å². The molecule has 1 heterocycles. The standard InChI is InChI=1S/C12H19N3O3/c1-12(2,3)18-11(16)15(4,17)9-6-10-13-7-5-8-14-10/h5,7-8H,6,9H2,1-4H3. The van der Waals surface area contributed by atoms with Crippen LogP contribution in [0.15, 0.2) is 18.5 Å². The van der Waals surface area contributed by atoms with Gasteiger partial charge in [-0.1, -0.05) is 0 Å². The van der Waals surface area contributed by atoms with Crippen LogP contribution in [0, 0.1) is 5.21 Å². The fraction of sp³-hybridized carbons (Fsp3) is 0.583. The molecule has 6 nitrogen and oxygen atoms in total. The number of hydroxylamine groups is 3. The van der Waals surface area contributed by atoms with Crippen molar-refractivity contribution in [2.75, 3.05) is 13.6 Å². The van der Waals surface area contributed by atoms with Gasteiger partial charge in [0, 0.05) is 12.4 Å². The first-order chi connectivity index (χ1) is 8.21. The average Bonchev–Trinajstić information content (AvgIpc) is 2.26. The molecule has 100 valence electrons. The van der Waals surface area contributed by atoms with E-state index in [2.05, 4.69) is 9.97 Å². The van der Waals surface area contributed by atoms with Crippen LogP contribution in [-0.2, 0) is 11.2 Å². The summed E-state index contributed by atoms with van der Waals surface area (Å²) in [5, 5.41) is 12.1. The van der Waals surface area contributed by atoms with Crippen LogP contribution in [0.4, 0.5) is 4.79 Å². The number of hydrogen-bond acceptors (Lipinski definition) is 5. The fourth-order valence-corrected chi connectivity index (χ4v) is 1.22. The molecule has 0 bridgehead atoms. The topological polar surface area (TPSA) is 75.1 Å². The average molecular weight is 253 g/mol. The third-order valence-electron chi connectivity index (χ3n) is 2.16. The maximum Gasteiger partial charge on any atom is 0.516 e. The molecule has 0 saturated heterocycles. The summed E-state index contributed by atoms with van der Waals surface area (Å²) in [7, 11) is 1.27. The Bertz CT molecular complexity index is 399. The lowest BCUT2D eigenvalue weighted by molar-refractivity contribution is -0.787. The summed E-state index contributed by atoms with van der Waals surface area (Å²) in [6.45, 7) is 5.24. The predicted octanol–water partition coefficient (Wildman–Crippen LogP) is 1.90. The summed E-state index contributed by atoms with van der Waals surface area (Å²) in [5.41, 5.74) is -0.662. The van der Waals surface area contributed by atoms with Gasteiger partial charge in [-0.15, -0.1) is 0 Å². The number of aromatic nitrogens is 2. The van der Waals surface area contributed by atoms with Crippen LogP contribution >= 0.6 is 0 Å². The predicted molar refractivity (Wildman–Crippen MR) is 66.4 cm³/mol. The van der Waals surface area contributed by atoms with Crippen LogP contribution in [0.2, 0.25) is 0 Å². The van der Waals surface area contributed by atoms with Crippen molar-refractivity contribution in [3.63, 3.8) is 0 Å². The zero-order valence-electron chi connectivity index (χ0n) is 11.2. The van der Waals surface area contributed by atoms with Crippen molar-refractivity contribution in [1.29, 1.82) is 0 Å². The van der Waals surface area contributed by atoms with E-state index in [1.165, 1.54) is 7.05 Å². The van der Waals surface area contributed by atoms with Gasteiger partial charge >= 0.3 is 6.09 Å². The Kier molecular flexibility index (Phi) is 4.37. The molecule has 0 aliphatic carbocycles. The Labute approximate surface area is 107 Å². The van der Waals surface area contributed by atoms with Gasteiger partial charge in [-0.25, -0.2) is 9.97 Å². The summed E-state index contributed by atoms with van der Waals surface area (Å²) in [5.74, 6) is 0.543. The van der Waals surface area contributed by atoms with Gasteiger partial charge in [0.25, 0.3) is 0 Å². The van der Waals surface area contributed by atoms with Crippen LogP contribution in [0.3, 0.4) is 0 Å². The summed E-state index contributed by atoms with van der Waals surface area (Å²) in [6, 6.07) is 1.70. The highest BCUT2D eigenvalue weighted by atomic mass is 16.7. The largest absolute Gasteiger partial charge is 0.623 e. The molecular formula is C12H19N3O3. The van der Waals surface area contributed by atoms with Gasteiger partial charge in [0.1, 0.15) is 11.4 Å². The third-order valence-corrected chi connectivity index (χ3v) is 2.16. The summed E-state index contributed by atoms with van der Waals surface area (Å²) in [6.07, 6.45) is 2.74. The van der Waals surface area contributed by atoms with E-state index >= 15 is 0 Å². The molecule has 6 heteroatoms. The minimum Gasteiger partial charge on any atom is -0.623 e. The molecule has 0 radical (unpaired) electrons. The molecule has 0 spiro atoms. The van der Waals surface area contributed by atoms with E-state index in [1.807, 2.05) is 0 Å². The quantitative estimate of drug-likeness (QED) is 0.607. The highest BCUT2D eigenvalue weighted by molar-refractivity contribution is 5.60. The second-order valence-electron chi connectivity index (χ2n) is 5.22. The summed E-state index contributed by atoms with van der Waals surface area (Å²) in [4.78, 5) is 19.7. The van der Waals surface area contributed by atoms with Crippen LogP contribution < -0.4 is 0 Å². The van der Waals surface area contributed by atoms with Crippen molar-refractivity contribution in [1.82, 2.24) is 9.97 Å². The van der Waals surface area contributed by atoms with E-state index in [4.69, 9.17) is 4.74 Å². The maximum absolute atomic E-state index is 12.1. The van der Waals surface area contributed by atoms with E-state index in [-0.39, 0.29) is 6.54 Å². The maximum atomic E-state index is 12.1. The van der Waals surface area contributed by atoms with Gasteiger partial charge < -0.3 is 9.94 Å². The Morgan fingerprint density at radius 3 is 2.44 bits per heavy atom. The Morgan fingerprint density at radius 2 is 1.94 bits per heavy atom. The first kappa shape index (κ1) is 14.5. The molecule has 1 amide bonds. The number of rotatable bonds is 3. The van der Waals surface area contributed by atoms with Crippen LogP contribution in [0.5, 0.6) is 0 Å². The fourth-order valence-electron chi connectivity index (χ4n) is 1.22. The van der Waals surface area contributed by atoms with Gasteiger partial charge in [-0.3, -0.25) is 4.65 Å². The highest BCUT2D eigenvalue weighted by Gasteiger charge is 2.29. The lowest BCUT2D eigenvalue weighted by atomic mass is 10.2. The SMILES string of the molecule is CC(C)(C)OC(=O)[N+](C)([O-])CCc1ncccn1. The second kappa shape index (κ2) is 5.41. The number of quaternary nitrogens is 1. The Morgan fingerprint density at radius 1 is 1.39 bits per heavy atom. The van der Waals surface area contributed by atoms with Crippen molar-refractivity contribution in [3.05, 3.63) is 29.5 Å². The van der Waals surface area contributed by atoms with Gasteiger partial charge in [0.15, 0.2) is 0 Å². The molecule has 0 aliphatic heterocycles. The van der Waals surface area contributed by atoms with E-state index in [9.17, 15) is 10.0 Å².